The number of amides is 2. The highest BCUT2D eigenvalue weighted by molar-refractivity contribution is 8.00. The zero-order valence-corrected chi connectivity index (χ0v) is 13.7. The van der Waals surface area contributed by atoms with Gasteiger partial charge in [0.05, 0.1) is 5.75 Å². The van der Waals surface area contributed by atoms with Crippen molar-refractivity contribution in [2.75, 3.05) is 12.3 Å². The van der Waals surface area contributed by atoms with Crippen LogP contribution < -0.4 is 10.6 Å². The lowest BCUT2D eigenvalue weighted by Crippen LogP contribution is -2.46. The minimum Gasteiger partial charge on any atom is -0.354 e. The summed E-state index contributed by atoms with van der Waals surface area (Å²) in [4.78, 5) is 23.7. The minimum atomic E-state index is -0.624. The summed E-state index contributed by atoms with van der Waals surface area (Å²) < 4.78 is 26.6. The van der Waals surface area contributed by atoms with Gasteiger partial charge in [0.2, 0.25) is 11.8 Å². The molecule has 23 heavy (non-hydrogen) atoms. The van der Waals surface area contributed by atoms with Crippen LogP contribution in [-0.4, -0.2) is 30.2 Å². The molecule has 1 aromatic carbocycles. The lowest BCUT2D eigenvalue weighted by molar-refractivity contribution is -0.127. The van der Waals surface area contributed by atoms with Crippen LogP contribution in [0.2, 0.25) is 0 Å². The van der Waals surface area contributed by atoms with Crippen LogP contribution in [0.5, 0.6) is 0 Å². The maximum Gasteiger partial charge on any atom is 0.242 e. The van der Waals surface area contributed by atoms with Crippen molar-refractivity contribution >= 4 is 23.6 Å². The zero-order chi connectivity index (χ0) is 16.8. The standard InChI is InChI=1S/C16H20F2N2O2S/c1-10(12-6-5-11(17)8-13(12)18)23-9-15(21)20-14-4-2-3-7-19-16(14)22/h5-6,8,10,14H,2-4,7,9H2,1H3,(H,19,22)(H,20,21)/t10-,14+/m1/s1. The van der Waals surface area contributed by atoms with Crippen molar-refractivity contribution in [1.82, 2.24) is 10.6 Å². The van der Waals surface area contributed by atoms with Gasteiger partial charge in [0.1, 0.15) is 17.7 Å². The number of hydrogen-bond acceptors (Lipinski definition) is 3. The Labute approximate surface area is 138 Å². The van der Waals surface area contributed by atoms with Gasteiger partial charge in [-0.2, -0.15) is 0 Å². The summed E-state index contributed by atoms with van der Waals surface area (Å²) in [6, 6.07) is 2.93. The summed E-state index contributed by atoms with van der Waals surface area (Å²) >= 11 is 1.25. The van der Waals surface area contributed by atoms with Crippen molar-refractivity contribution in [1.29, 1.82) is 0 Å². The molecule has 7 heteroatoms. The molecule has 126 valence electrons. The molecule has 0 unspecified atom stereocenters. The van der Waals surface area contributed by atoms with Crippen LogP contribution in [-0.2, 0) is 9.59 Å². The van der Waals surface area contributed by atoms with Gasteiger partial charge in [-0.15, -0.1) is 11.8 Å². The van der Waals surface area contributed by atoms with E-state index in [0.29, 0.717) is 18.5 Å². The van der Waals surface area contributed by atoms with E-state index >= 15 is 0 Å². The third kappa shape index (κ3) is 5.20. The molecule has 0 aliphatic carbocycles. The van der Waals surface area contributed by atoms with E-state index in [9.17, 15) is 18.4 Å². The first-order valence-electron chi connectivity index (χ1n) is 7.61. The Morgan fingerprint density at radius 1 is 1.43 bits per heavy atom. The molecule has 0 spiro atoms. The van der Waals surface area contributed by atoms with E-state index in [4.69, 9.17) is 0 Å². The van der Waals surface area contributed by atoms with Gasteiger partial charge < -0.3 is 10.6 Å². The number of halogens is 2. The van der Waals surface area contributed by atoms with Crippen molar-refractivity contribution in [2.24, 2.45) is 0 Å². The third-order valence-electron chi connectivity index (χ3n) is 3.74. The van der Waals surface area contributed by atoms with Crippen LogP contribution in [0.15, 0.2) is 18.2 Å². The second-order valence-corrected chi connectivity index (χ2v) is 6.86. The molecule has 2 atom stereocenters. The highest BCUT2D eigenvalue weighted by Gasteiger charge is 2.22. The topological polar surface area (TPSA) is 58.2 Å². The Bertz CT molecular complexity index is 583. The Hall–Kier alpha value is -1.63. The van der Waals surface area contributed by atoms with Gasteiger partial charge in [-0.25, -0.2) is 8.78 Å². The highest BCUT2D eigenvalue weighted by atomic mass is 32.2. The Morgan fingerprint density at radius 3 is 2.96 bits per heavy atom. The largest absolute Gasteiger partial charge is 0.354 e. The Kier molecular flexibility index (Phi) is 6.38. The molecule has 1 fully saturated rings. The van der Waals surface area contributed by atoms with E-state index in [1.54, 1.807) is 6.92 Å². The summed E-state index contributed by atoms with van der Waals surface area (Å²) in [5.41, 5.74) is 0.358. The molecule has 4 nitrogen and oxygen atoms in total. The molecule has 1 aliphatic rings. The summed E-state index contributed by atoms with van der Waals surface area (Å²) in [7, 11) is 0. The molecule has 2 rings (SSSR count). The van der Waals surface area contributed by atoms with Crippen molar-refractivity contribution in [2.45, 2.75) is 37.5 Å². The van der Waals surface area contributed by atoms with Gasteiger partial charge in [-0.3, -0.25) is 9.59 Å². The molecule has 1 aliphatic heterocycles. The number of rotatable bonds is 5. The molecule has 2 amide bonds. The van der Waals surface area contributed by atoms with E-state index in [1.165, 1.54) is 23.9 Å². The average molecular weight is 342 g/mol. The third-order valence-corrected chi connectivity index (χ3v) is 4.92. The number of carbonyl (C=O) groups excluding carboxylic acids is 2. The highest BCUT2D eigenvalue weighted by Crippen LogP contribution is 2.30. The average Bonchev–Trinajstić information content (AvgIpc) is 2.70. The first-order valence-corrected chi connectivity index (χ1v) is 8.66. The van der Waals surface area contributed by atoms with Crippen LogP contribution >= 0.6 is 11.8 Å². The fraction of sp³-hybridized carbons (Fsp3) is 0.500. The second-order valence-electron chi connectivity index (χ2n) is 5.53. The van der Waals surface area contributed by atoms with E-state index < -0.39 is 17.7 Å². The fourth-order valence-corrected chi connectivity index (χ4v) is 3.29. The Balaban J connectivity index is 1.84. The van der Waals surface area contributed by atoms with Gasteiger partial charge >= 0.3 is 0 Å². The van der Waals surface area contributed by atoms with Crippen LogP contribution in [0.4, 0.5) is 8.78 Å². The van der Waals surface area contributed by atoms with Crippen molar-refractivity contribution in [3.8, 4) is 0 Å². The van der Waals surface area contributed by atoms with E-state index in [0.717, 1.165) is 18.9 Å². The normalized spacial score (nSPS) is 19.6. The lowest BCUT2D eigenvalue weighted by Gasteiger charge is -2.16. The number of hydrogen-bond donors (Lipinski definition) is 2. The van der Waals surface area contributed by atoms with E-state index in [-0.39, 0.29) is 22.8 Å². The molecule has 2 N–H and O–H groups in total. The van der Waals surface area contributed by atoms with Crippen LogP contribution in [0.1, 0.15) is 37.0 Å². The quantitative estimate of drug-likeness (QED) is 0.865. The molecule has 1 saturated heterocycles. The zero-order valence-electron chi connectivity index (χ0n) is 12.9. The van der Waals surface area contributed by atoms with Gasteiger partial charge in [0.15, 0.2) is 0 Å². The van der Waals surface area contributed by atoms with Crippen LogP contribution in [0.3, 0.4) is 0 Å². The maximum absolute atomic E-state index is 13.7. The first kappa shape index (κ1) is 17.7. The van der Waals surface area contributed by atoms with Crippen LogP contribution in [0.25, 0.3) is 0 Å². The molecule has 1 heterocycles. The maximum atomic E-state index is 13.7. The summed E-state index contributed by atoms with van der Waals surface area (Å²) in [6.07, 6.45) is 2.42. The summed E-state index contributed by atoms with van der Waals surface area (Å²) in [5, 5.41) is 5.18. The van der Waals surface area contributed by atoms with Gasteiger partial charge in [-0.1, -0.05) is 6.07 Å². The molecular formula is C16H20F2N2O2S. The predicted molar refractivity (Wildman–Crippen MR) is 86.0 cm³/mol. The SMILES string of the molecule is C[C@@H](SCC(=O)N[C@H]1CCCCNC1=O)c1ccc(F)cc1F. The summed E-state index contributed by atoms with van der Waals surface area (Å²) in [5.74, 6) is -1.54. The summed E-state index contributed by atoms with van der Waals surface area (Å²) in [6.45, 7) is 2.40. The van der Waals surface area contributed by atoms with Gasteiger partial charge in [-0.05, 0) is 32.3 Å². The smallest absolute Gasteiger partial charge is 0.242 e. The van der Waals surface area contributed by atoms with Gasteiger partial charge in [0.25, 0.3) is 0 Å². The van der Waals surface area contributed by atoms with Crippen LogP contribution in [0, 0.1) is 11.6 Å². The van der Waals surface area contributed by atoms with Crippen molar-refractivity contribution in [3.05, 3.63) is 35.4 Å². The number of nitrogens with one attached hydrogen (secondary N) is 2. The second kappa shape index (κ2) is 8.29. The molecule has 0 aromatic heterocycles. The monoisotopic (exact) mass is 342 g/mol. The first-order chi connectivity index (χ1) is 11.0. The molecule has 0 bridgehead atoms. The van der Waals surface area contributed by atoms with E-state index in [1.807, 2.05) is 0 Å². The molecule has 0 radical (unpaired) electrons. The number of carbonyl (C=O) groups is 2. The molecule has 1 aromatic rings. The fourth-order valence-electron chi connectivity index (χ4n) is 2.43. The van der Waals surface area contributed by atoms with Gasteiger partial charge in [0, 0.05) is 23.4 Å². The predicted octanol–water partition coefficient (Wildman–Crippen LogP) is 2.54. The Morgan fingerprint density at radius 2 is 2.22 bits per heavy atom. The minimum absolute atomic E-state index is 0.113. The number of benzene rings is 1. The van der Waals surface area contributed by atoms with Crippen molar-refractivity contribution in [3.63, 3.8) is 0 Å². The molecule has 0 saturated carbocycles. The number of thioether (sulfide) groups is 1. The molecular weight excluding hydrogens is 322 g/mol. The lowest BCUT2D eigenvalue weighted by atomic mass is 10.1. The van der Waals surface area contributed by atoms with Crippen molar-refractivity contribution < 1.29 is 18.4 Å². The van der Waals surface area contributed by atoms with E-state index in [2.05, 4.69) is 10.6 Å².